The van der Waals surface area contributed by atoms with E-state index in [1.807, 2.05) is 0 Å². The Morgan fingerprint density at radius 1 is 1.44 bits per heavy atom. The van der Waals surface area contributed by atoms with Crippen molar-refractivity contribution in [1.82, 2.24) is 14.3 Å². The summed E-state index contributed by atoms with van der Waals surface area (Å²) < 4.78 is 15.8. The van der Waals surface area contributed by atoms with Crippen molar-refractivity contribution in [2.75, 3.05) is 0 Å². The Morgan fingerprint density at radius 3 is 2.61 bits per heavy atom. The molecule has 5 nitrogen and oxygen atoms in total. The summed E-state index contributed by atoms with van der Waals surface area (Å²) in [5, 5.41) is 4.07. The molecule has 1 heterocycles. The summed E-state index contributed by atoms with van der Waals surface area (Å²) in [6, 6.07) is 4.13. The molecule has 0 aliphatic carbocycles. The van der Waals surface area contributed by atoms with Crippen molar-refractivity contribution in [3.8, 4) is 5.69 Å². The van der Waals surface area contributed by atoms with Gasteiger partial charge in [-0.1, -0.05) is 6.07 Å². The molecule has 0 saturated heterocycles. The number of halogens is 2. The zero-order chi connectivity index (χ0) is 12.6. The second kappa shape index (κ2) is 5.32. The molecule has 0 atom stereocenters. The van der Waals surface area contributed by atoms with Crippen LogP contribution in [0.15, 0.2) is 23.0 Å². The van der Waals surface area contributed by atoms with E-state index in [2.05, 4.69) is 5.10 Å². The molecular formula is C11H14ClFN4O. The number of aromatic nitrogens is 3. The van der Waals surface area contributed by atoms with E-state index >= 15 is 0 Å². The lowest BCUT2D eigenvalue weighted by Gasteiger charge is -2.06. The number of nitrogens with zero attached hydrogens (tertiary/aromatic N) is 3. The normalized spacial score (nSPS) is 10.2. The standard InChI is InChI=1S/C11H13FN4O.ClH/c1-7-14-16(11(17)15(7)2)10-5-9(12)4-3-8(10)6-13;/h3-5H,6,13H2,1-2H3;1H. The predicted molar refractivity (Wildman–Crippen MR) is 68.6 cm³/mol. The number of benzene rings is 1. The largest absolute Gasteiger partial charge is 0.350 e. The number of rotatable bonds is 2. The first kappa shape index (κ1) is 14.4. The Kier molecular flexibility index (Phi) is 4.26. The molecule has 2 N–H and O–H groups in total. The molecule has 0 unspecified atom stereocenters. The molecular weight excluding hydrogens is 259 g/mol. The van der Waals surface area contributed by atoms with Crippen molar-refractivity contribution >= 4 is 12.4 Å². The van der Waals surface area contributed by atoms with E-state index in [0.717, 1.165) is 0 Å². The van der Waals surface area contributed by atoms with Gasteiger partial charge in [0.05, 0.1) is 5.69 Å². The summed E-state index contributed by atoms with van der Waals surface area (Å²) in [6.45, 7) is 1.93. The van der Waals surface area contributed by atoms with Crippen LogP contribution in [0, 0.1) is 12.7 Å². The predicted octanol–water partition coefficient (Wildman–Crippen LogP) is 0.899. The SMILES string of the molecule is Cc1nn(-c2cc(F)ccc2CN)c(=O)n1C.Cl. The second-order valence-electron chi connectivity index (χ2n) is 3.78. The minimum absolute atomic E-state index is 0. The molecule has 0 spiro atoms. The van der Waals surface area contributed by atoms with Gasteiger partial charge >= 0.3 is 5.69 Å². The molecule has 1 aromatic carbocycles. The van der Waals surface area contributed by atoms with Crippen LogP contribution in [0.3, 0.4) is 0 Å². The molecule has 0 aliphatic heterocycles. The highest BCUT2D eigenvalue weighted by Crippen LogP contribution is 2.13. The Bertz CT molecular complexity index is 620. The van der Waals surface area contributed by atoms with E-state index in [0.29, 0.717) is 17.1 Å². The van der Waals surface area contributed by atoms with Gasteiger partial charge in [-0.15, -0.1) is 12.4 Å². The molecule has 7 heteroatoms. The van der Waals surface area contributed by atoms with Gasteiger partial charge in [0, 0.05) is 19.7 Å². The lowest BCUT2D eigenvalue weighted by molar-refractivity contribution is 0.623. The van der Waals surface area contributed by atoms with Crippen molar-refractivity contribution in [2.24, 2.45) is 12.8 Å². The van der Waals surface area contributed by atoms with E-state index in [-0.39, 0.29) is 24.6 Å². The third kappa shape index (κ3) is 2.30. The van der Waals surface area contributed by atoms with Crippen molar-refractivity contribution in [2.45, 2.75) is 13.5 Å². The second-order valence-corrected chi connectivity index (χ2v) is 3.78. The maximum absolute atomic E-state index is 13.2. The number of hydrogen-bond donors (Lipinski definition) is 1. The Hall–Kier alpha value is -1.66. The minimum atomic E-state index is -0.424. The van der Waals surface area contributed by atoms with E-state index < -0.39 is 5.82 Å². The molecule has 0 amide bonds. The lowest BCUT2D eigenvalue weighted by Crippen LogP contribution is -2.23. The molecule has 18 heavy (non-hydrogen) atoms. The van der Waals surface area contributed by atoms with Crippen LogP contribution in [0.25, 0.3) is 5.69 Å². The average Bonchev–Trinajstić information content (AvgIpc) is 2.57. The molecule has 98 valence electrons. The first-order chi connectivity index (χ1) is 8.04. The molecule has 0 radical (unpaired) electrons. The van der Waals surface area contributed by atoms with Crippen molar-refractivity contribution in [1.29, 1.82) is 0 Å². The fourth-order valence-corrected chi connectivity index (χ4v) is 1.60. The molecule has 0 bridgehead atoms. The van der Waals surface area contributed by atoms with Crippen molar-refractivity contribution in [3.63, 3.8) is 0 Å². The summed E-state index contributed by atoms with van der Waals surface area (Å²) in [4.78, 5) is 11.9. The minimum Gasteiger partial charge on any atom is -0.326 e. The Labute approximate surface area is 109 Å². The van der Waals surface area contributed by atoms with Crippen LogP contribution in [-0.2, 0) is 13.6 Å². The number of nitrogens with two attached hydrogens (primary N) is 1. The van der Waals surface area contributed by atoms with Crippen LogP contribution in [0.5, 0.6) is 0 Å². The molecule has 0 saturated carbocycles. The molecule has 0 aliphatic rings. The number of aryl methyl sites for hydroxylation is 1. The van der Waals surface area contributed by atoms with Crippen LogP contribution in [0.2, 0.25) is 0 Å². The van der Waals surface area contributed by atoms with Gasteiger partial charge in [0.25, 0.3) is 0 Å². The van der Waals surface area contributed by atoms with Gasteiger partial charge in [0.1, 0.15) is 11.6 Å². The molecule has 2 rings (SSSR count). The third-order valence-corrected chi connectivity index (χ3v) is 2.69. The smallest absolute Gasteiger partial charge is 0.326 e. The van der Waals surface area contributed by atoms with E-state index in [9.17, 15) is 9.18 Å². The first-order valence-corrected chi connectivity index (χ1v) is 5.16. The van der Waals surface area contributed by atoms with Gasteiger partial charge in [0.15, 0.2) is 0 Å². The highest BCUT2D eigenvalue weighted by molar-refractivity contribution is 5.85. The van der Waals surface area contributed by atoms with Crippen LogP contribution in [0.1, 0.15) is 11.4 Å². The maximum Gasteiger partial charge on any atom is 0.350 e. The van der Waals surface area contributed by atoms with Gasteiger partial charge in [-0.05, 0) is 18.6 Å². The maximum atomic E-state index is 13.2. The van der Waals surface area contributed by atoms with E-state index in [4.69, 9.17) is 5.73 Å². The highest BCUT2D eigenvalue weighted by Gasteiger charge is 2.12. The van der Waals surface area contributed by atoms with E-state index in [1.54, 1.807) is 20.0 Å². The quantitative estimate of drug-likeness (QED) is 0.883. The van der Waals surface area contributed by atoms with Crippen molar-refractivity contribution in [3.05, 3.63) is 45.9 Å². The van der Waals surface area contributed by atoms with E-state index in [1.165, 1.54) is 21.4 Å². The van der Waals surface area contributed by atoms with Gasteiger partial charge < -0.3 is 5.73 Å². The monoisotopic (exact) mass is 272 g/mol. The molecule has 1 aromatic heterocycles. The van der Waals surface area contributed by atoms with Crippen LogP contribution >= 0.6 is 12.4 Å². The summed E-state index contributed by atoms with van der Waals surface area (Å²) in [5.74, 6) is 0.134. The molecule has 2 aromatic rings. The van der Waals surface area contributed by atoms with Gasteiger partial charge in [-0.2, -0.15) is 9.78 Å². The van der Waals surface area contributed by atoms with Gasteiger partial charge in [-0.25, -0.2) is 9.18 Å². The molecule has 0 fully saturated rings. The average molecular weight is 273 g/mol. The van der Waals surface area contributed by atoms with Gasteiger partial charge in [0.2, 0.25) is 0 Å². The highest BCUT2D eigenvalue weighted by atomic mass is 35.5. The topological polar surface area (TPSA) is 65.8 Å². The third-order valence-electron chi connectivity index (χ3n) is 2.69. The Morgan fingerprint density at radius 2 is 2.11 bits per heavy atom. The summed E-state index contributed by atoms with van der Waals surface area (Å²) in [5.41, 5.74) is 6.31. The fraction of sp³-hybridized carbons (Fsp3) is 0.273. The van der Waals surface area contributed by atoms with Crippen LogP contribution < -0.4 is 11.4 Å². The van der Waals surface area contributed by atoms with Crippen LogP contribution in [0.4, 0.5) is 4.39 Å². The van der Waals surface area contributed by atoms with Crippen molar-refractivity contribution < 1.29 is 4.39 Å². The zero-order valence-electron chi connectivity index (χ0n) is 10.1. The summed E-state index contributed by atoms with van der Waals surface area (Å²) in [6.07, 6.45) is 0. The van der Waals surface area contributed by atoms with Gasteiger partial charge in [-0.3, -0.25) is 4.57 Å². The summed E-state index contributed by atoms with van der Waals surface area (Å²) >= 11 is 0. The first-order valence-electron chi connectivity index (χ1n) is 5.16. The Balaban J connectivity index is 0.00000162. The number of hydrogen-bond acceptors (Lipinski definition) is 3. The summed E-state index contributed by atoms with van der Waals surface area (Å²) in [7, 11) is 1.61. The lowest BCUT2D eigenvalue weighted by atomic mass is 10.2. The zero-order valence-corrected chi connectivity index (χ0v) is 10.9. The fourth-order valence-electron chi connectivity index (χ4n) is 1.60. The van der Waals surface area contributed by atoms with Crippen LogP contribution in [-0.4, -0.2) is 14.3 Å².